The Morgan fingerprint density at radius 3 is 2.35 bits per heavy atom. The molecule has 0 aromatic heterocycles. The van der Waals surface area contributed by atoms with Crippen LogP contribution in [-0.4, -0.2) is 32.9 Å². The summed E-state index contributed by atoms with van der Waals surface area (Å²) < 4.78 is 31.6. The van der Waals surface area contributed by atoms with E-state index in [0.29, 0.717) is 15.6 Å². The fourth-order valence-corrected chi connectivity index (χ4v) is 4.14. The van der Waals surface area contributed by atoms with E-state index in [4.69, 9.17) is 27.9 Å². The summed E-state index contributed by atoms with van der Waals surface area (Å²) in [7, 11) is -3.70. The van der Waals surface area contributed by atoms with Gasteiger partial charge in [-0.05, 0) is 55.8 Å². The molecule has 0 heterocycles. The summed E-state index contributed by atoms with van der Waals surface area (Å²) in [6.45, 7) is 6.70. The Kier molecular flexibility index (Phi) is 8.64. The van der Waals surface area contributed by atoms with Gasteiger partial charge in [0.1, 0.15) is 0 Å². The lowest BCUT2D eigenvalue weighted by molar-refractivity contribution is -0.129. The zero-order chi connectivity index (χ0) is 23.2. The van der Waals surface area contributed by atoms with Crippen molar-refractivity contribution in [1.29, 1.82) is 0 Å². The Morgan fingerprint density at radius 2 is 1.77 bits per heavy atom. The number of esters is 1. The highest BCUT2D eigenvalue weighted by Gasteiger charge is 2.22. The second-order valence-corrected chi connectivity index (χ2v) is 9.22. The van der Waals surface area contributed by atoms with Crippen LogP contribution in [0.1, 0.15) is 35.8 Å². The smallest absolute Gasteiger partial charge is 0.338 e. The summed E-state index contributed by atoms with van der Waals surface area (Å²) in [4.78, 5) is 24.7. The lowest BCUT2D eigenvalue weighted by atomic mass is 10.1. The summed E-state index contributed by atoms with van der Waals surface area (Å²) in [6, 6.07) is 9.66. The third-order valence-corrected chi connectivity index (χ3v) is 6.26. The molecule has 2 rings (SSSR count). The van der Waals surface area contributed by atoms with Crippen LogP contribution in [0.25, 0.3) is 0 Å². The molecule has 0 aliphatic heterocycles. The maximum absolute atomic E-state index is 12.4. The van der Waals surface area contributed by atoms with E-state index in [-0.39, 0.29) is 17.0 Å². The third-order valence-electron chi connectivity index (χ3n) is 4.26. The Hall–Kier alpha value is -2.39. The summed E-state index contributed by atoms with van der Waals surface area (Å²) in [5, 5.41) is 3.60. The van der Waals surface area contributed by atoms with Crippen LogP contribution >= 0.6 is 23.2 Å². The van der Waals surface area contributed by atoms with E-state index in [0.717, 1.165) is 0 Å². The van der Waals surface area contributed by atoms with E-state index in [9.17, 15) is 18.0 Å². The van der Waals surface area contributed by atoms with Gasteiger partial charge >= 0.3 is 5.97 Å². The maximum Gasteiger partial charge on any atom is 0.338 e. The molecule has 0 fully saturated rings. The molecule has 0 aliphatic carbocycles. The molecule has 7 nitrogen and oxygen atoms in total. The molecule has 0 aliphatic rings. The lowest BCUT2D eigenvalue weighted by Crippen LogP contribution is -2.37. The molecule has 2 N–H and O–H groups in total. The van der Waals surface area contributed by atoms with Crippen molar-refractivity contribution in [3.05, 3.63) is 76.3 Å². The first kappa shape index (κ1) is 24.9. The molecule has 0 radical (unpaired) electrons. The highest BCUT2D eigenvalue weighted by atomic mass is 35.5. The molecular formula is C21H22Cl2N2O5S. The van der Waals surface area contributed by atoms with Crippen LogP contribution in [0.5, 0.6) is 0 Å². The molecule has 2 unspecified atom stereocenters. The largest absolute Gasteiger partial charge is 0.449 e. The molecule has 2 aromatic rings. The normalized spacial score (nSPS) is 13.2. The number of halogens is 2. The number of sulfonamides is 1. The quantitative estimate of drug-likeness (QED) is 0.415. The zero-order valence-corrected chi connectivity index (χ0v) is 19.2. The zero-order valence-electron chi connectivity index (χ0n) is 16.9. The summed E-state index contributed by atoms with van der Waals surface area (Å²) in [5.74, 6) is -1.28. The number of amides is 1. The van der Waals surface area contributed by atoms with Crippen LogP contribution in [-0.2, 0) is 19.6 Å². The van der Waals surface area contributed by atoms with Crippen LogP contribution in [0.4, 0.5) is 0 Å². The molecule has 0 spiro atoms. The average molecular weight is 485 g/mol. The fraction of sp³-hybridized carbons (Fsp3) is 0.238. The Bertz CT molecular complexity index is 1070. The van der Waals surface area contributed by atoms with Crippen molar-refractivity contribution in [3.63, 3.8) is 0 Å². The van der Waals surface area contributed by atoms with Crippen molar-refractivity contribution < 1.29 is 22.7 Å². The van der Waals surface area contributed by atoms with Crippen molar-refractivity contribution in [1.82, 2.24) is 10.0 Å². The number of rotatable bonds is 9. The highest BCUT2D eigenvalue weighted by Crippen LogP contribution is 2.26. The Morgan fingerprint density at radius 1 is 1.13 bits per heavy atom. The van der Waals surface area contributed by atoms with Gasteiger partial charge in [0.2, 0.25) is 10.0 Å². The first-order valence-electron chi connectivity index (χ1n) is 9.22. The van der Waals surface area contributed by atoms with Gasteiger partial charge < -0.3 is 10.1 Å². The summed E-state index contributed by atoms with van der Waals surface area (Å²) in [6.07, 6.45) is 0.330. The molecule has 2 atom stereocenters. The van der Waals surface area contributed by atoms with E-state index >= 15 is 0 Å². The van der Waals surface area contributed by atoms with E-state index in [1.165, 1.54) is 37.3 Å². The molecule has 0 bridgehead atoms. The Labute approximate surface area is 191 Å². The molecule has 2 aromatic carbocycles. The van der Waals surface area contributed by atoms with Crippen molar-refractivity contribution >= 4 is 45.1 Å². The second-order valence-electron chi connectivity index (χ2n) is 6.61. The second kappa shape index (κ2) is 10.8. The van der Waals surface area contributed by atoms with E-state index in [2.05, 4.69) is 16.6 Å². The van der Waals surface area contributed by atoms with Gasteiger partial charge in [-0.2, -0.15) is 0 Å². The predicted molar refractivity (Wildman–Crippen MR) is 120 cm³/mol. The van der Waals surface area contributed by atoms with Gasteiger partial charge in [0.05, 0.1) is 16.5 Å². The van der Waals surface area contributed by atoms with Crippen molar-refractivity contribution in [3.8, 4) is 0 Å². The molecule has 31 heavy (non-hydrogen) atoms. The van der Waals surface area contributed by atoms with Gasteiger partial charge in [0.15, 0.2) is 6.10 Å². The number of benzene rings is 2. The van der Waals surface area contributed by atoms with Gasteiger partial charge in [-0.15, -0.1) is 6.58 Å². The monoisotopic (exact) mass is 484 g/mol. The molecule has 0 saturated carbocycles. The van der Waals surface area contributed by atoms with Gasteiger partial charge in [0.25, 0.3) is 5.91 Å². The minimum atomic E-state index is -3.70. The van der Waals surface area contributed by atoms with Crippen LogP contribution < -0.4 is 10.0 Å². The molecule has 0 saturated heterocycles. The number of carbonyl (C=O) groups is 2. The topological polar surface area (TPSA) is 102 Å². The fourth-order valence-electron chi connectivity index (χ4n) is 2.57. The molecule has 166 valence electrons. The minimum Gasteiger partial charge on any atom is -0.449 e. The number of nitrogens with one attached hydrogen (secondary N) is 2. The highest BCUT2D eigenvalue weighted by molar-refractivity contribution is 7.89. The van der Waals surface area contributed by atoms with Gasteiger partial charge in [-0.1, -0.05) is 35.3 Å². The van der Waals surface area contributed by atoms with Crippen LogP contribution in [0, 0.1) is 0 Å². The standard InChI is InChI=1S/C21H22Cl2N2O5S/c1-4-11-24-31(28,29)17-8-5-15(6-9-17)21(27)30-14(3)20(26)25-13(2)18-10-7-16(22)12-19(18)23/h4-10,12-14,24H,1,11H2,2-3H3,(H,25,26). The van der Waals surface area contributed by atoms with Gasteiger partial charge in [0, 0.05) is 16.6 Å². The number of carbonyl (C=O) groups excluding carboxylic acids is 2. The number of ether oxygens (including phenoxy) is 1. The number of hydrogen-bond donors (Lipinski definition) is 2. The Balaban J connectivity index is 1.99. The first-order chi connectivity index (χ1) is 14.5. The molecule has 1 amide bonds. The molecular weight excluding hydrogens is 463 g/mol. The van der Waals surface area contributed by atoms with Crippen molar-refractivity contribution in [2.24, 2.45) is 0 Å². The minimum absolute atomic E-state index is 0.00893. The predicted octanol–water partition coefficient (Wildman–Crippen LogP) is 3.88. The first-order valence-corrected chi connectivity index (χ1v) is 11.5. The van der Waals surface area contributed by atoms with Crippen LogP contribution in [0.3, 0.4) is 0 Å². The van der Waals surface area contributed by atoms with Crippen molar-refractivity contribution in [2.45, 2.75) is 30.9 Å². The van der Waals surface area contributed by atoms with E-state index in [1.54, 1.807) is 25.1 Å². The average Bonchev–Trinajstić information content (AvgIpc) is 2.72. The SMILES string of the molecule is C=CCNS(=O)(=O)c1ccc(C(=O)OC(C)C(=O)NC(C)c2ccc(Cl)cc2Cl)cc1. The third kappa shape index (κ3) is 6.80. The summed E-state index contributed by atoms with van der Waals surface area (Å²) >= 11 is 12.0. The molecule has 10 heteroatoms. The van der Waals surface area contributed by atoms with E-state index < -0.39 is 34.0 Å². The van der Waals surface area contributed by atoms with Crippen LogP contribution in [0.2, 0.25) is 10.0 Å². The lowest BCUT2D eigenvalue weighted by Gasteiger charge is -2.19. The van der Waals surface area contributed by atoms with Crippen LogP contribution in [0.15, 0.2) is 60.0 Å². The van der Waals surface area contributed by atoms with Gasteiger partial charge in [-0.3, -0.25) is 4.79 Å². The van der Waals surface area contributed by atoms with Gasteiger partial charge in [-0.25, -0.2) is 17.9 Å². The van der Waals surface area contributed by atoms with E-state index in [1.807, 2.05) is 0 Å². The number of hydrogen-bond acceptors (Lipinski definition) is 5. The van der Waals surface area contributed by atoms with Crippen molar-refractivity contribution in [2.75, 3.05) is 6.54 Å². The maximum atomic E-state index is 12.4. The summed E-state index contributed by atoms with van der Waals surface area (Å²) in [5.41, 5.74) is 0.774.